The van der Waals surface area contributed by atoms with Crippen LogP contribution in [0.3, 0.4) is 0 Å². The van der Waals surface area contributed by atoms with E-state index in [1.54, 1.807) is 19.1 Å². The van der Waals surface area contributed by atoms with Crippen LogP contribution >= 0.6 is 11.6 Å². The van der Waals surface area contributed by atoms with Gasteiger partial charge in [-0.1, -0.05) is 23.7 Å². The molecule has 1 aliphatic rings. The normalized spacial score (nSPS) is 16.6. The van der Waals surface area contributed by atoms with Gasteiger partial charge in [0.2, 0.25) is 5.43 Å². The van der Waals surface area contributed by atoms with Gasteiger partial charge in [-0.15, -0.1) is 0 Å². The van der Waals surface area contributed by atoms with Gasteiger partial charge in [-0.3, -0.25) is 9.69 Å². The Morgan fingerprint density at radius 3 is 2.62 bits per heavy atom. The number of aliphatic hydroxyl groups excluding tert-OH is 1. The number of hydrogen-bond donors (Lipinski definition) is 1. The predicted molar refractivity (Wildman–Crippen MR) is 116 cm³/mol. The van der Waals surface area contributed by atoms with E-state index in [1.165, 1.54) is 10.8 Å². The molecule has 1 saturated heterocycles. The monoisotopic (exact) mass is 462 g/mol. The first-order valence-corrected chi connectivity index (χ1v) is 10.6. The number of pyridine rings is 1. The first-order valence-electron chi connectivity index (χ1n) is 10.2. The van der Waals surface area contributed by atoms with Gasteiger partial charge in [-0.25, -0.2) is 13.6 Å². The number of likely N-dealkylation sites (tertiary alicyclic amines) is 1. The lowest BCUT2D eigenvalue weighted by atomic mass is 10.1. The number of aliphatic hydroxyl groups is 1. The van der Waals surface area contributed by atoms with Gasteiger partial charge >= 0.3 is 5.97 Å². The molecule has 1 aliphatic heterocycles. The van der Waals surface area contributed by atoms with Crippen molar-refractivity contribution < 1.29 is 23.4 Å². The van der Waals surface area contributed by atoms with E-state index < -0.39 is 28.1 Å². The second-order valence-electron chi connectivity index (χ2n) is 7.69. The van der Waals surface area contributed by atoms with Gasteiger partial charge in [-0.05, 0) is 37.1 Å². The van der Waals surface area contributed by atoms with E-state index in [0.717, 1.165) is 24.6 Å². The van der Waals surface area contributed by atoms with Gasteiger partial charge in [0.15, 0.2) is 11.6 Å². The highest BCUT2D eigenvalue weighted by molar-refractivity contribution is 6.35. The fourth-order valence-corrected chi connectivity index (χ4v) is 4.21. The number of halogens is 3. The highest BCUT2D eigenvalue weighted by Gasteiger charge is 2.23. The zero-order chi connectivity index (χ0) is 23.0. The Morgan fingerprint density at radius 2 is 2.00 bits per heavy atom. The van der Waals surface area contributed by atoms with Gasteiger partial charge in [0, 0.05) is 31.5 Å². The number of nitrogens with zero attached hydrogens (tertiary/aromatic N) is 2. The van der Waals surface area contributed by atoms with E-state index in [2.05, 4.69) is 4.90 Å². The van der Waals surface area contributed by atoms with E-state index in [1.807, 2.05) is 12.1 Å². The average molecular weight is 463 g/mol. The van der Waals surface area contributed by atoms with Crippen molar-refractivity contribution in [1.29, 1.82) is 0 Å². The van der Waals surface area contributed by atoms with E-state index in [0.29, 0.717) is 18.8 Å². The Morgan fingerprint density at radius 1 is 1.28 bits per heavy atom. The fourth-order valence-electron chi connectivity index (χ4n) is 3.93. The van der Waals surface area contributed by atoms with Gasteiger partial charge in [0.1, 0.15) is 10.6 Å². The van der Waals surface area contributed by atoms with Crippen LogP contribution in [0.5, 0.6) is 0 Å². The summed E-state index contributed by atoms with van der Waals surface area (Å²) < 4.78 is 34.6. The Hall–Kier alpha value is -2.81. The number of ether oxygens (including phenoxy) is 1. The smallest absolute Gasteiger partial charge is 0.343 e. The predicted octanol–water partition coefficient (Wildman–Crippen LogP) is 3.67. The maximum atomic E-state index is 14.3. The third kappa shape index (κ3) is 4.13. The summed E-state index contributed by atoms with van der Waals surface area (Å²) in [6, 6.07) is 7.91. The molecule has 4 rings (SSSR count). The van der Waals surface area contributed by atoms with E-state index in [9.17, 15) is 23.5 Å². The van der Waals surface area contributed by atoms with Crippen LogP contribution in [0.4, 0.5) is 8.78 Å². The highest BCUT2D eigenvalue weighted by atomic mass is 35.5. The Labute approximate surface area is 187 Å². The average Bonchev–Trinajstić information content (AvgIpc) is 3.18. The zero-order valence-electron chi connectivity index (χ0n) is 17.3. The number of carbonyl (C=O) groups is 1. The molecule has 32 heavy (non-hydrogen) atoms. The third-order valence-corrected chi connectivity index (χ3v) is 5.83. The molecule has 0 radical (unpaired) electrons. The van der Waals surface area contributed by atoms with Crippen molar-refractivity contribution in [2.24, 2.45) is 0 Å². The molecule has 0 bridgehead atoms. The Kier molecular flexibility index (Phi) is 6.28. The van der Waals surface area contributed by atoms with Crippen LogP contribution in [0, 0.1) is 11.6 Å². The van der Waals surface area contributed by atoms with Crippen LogP contribution in [-0.4, -0.2) is 46.3 Å². The van der Waals surface area contributed by atoms with E-state index >= 15 is 0 Å². The van der Waals surface area contributed by atoms with Gasteiger partial charge in [-0.2, -0.15) is 0 Å². The molecule has 168 valence electrons. The van der Waals surface area contributed by atoms with Gasteiger partial charge < -0.3 is 14.4 Å². The van der Waals surface area contributed by atoms with Crippen molar-refractivity contribution in [2.75, 3.05) is 19.7 Å². The molecule has 1 fully saturated rings. The lowest BCUT2D eigenvalue weighted by molar-refractivity contribution is 0.0524. The number of aromatic nitrogens is 1. The lowest BCUT2D eigenvalue weighted by Crippen LogP contribution is -2.22. The molecular weight excluding hydrogens is 442 g/mol. The minimum absolute atomic E-state index is 0.0426. The summed E-state index contributed by atoms with van der Waals surface area (Å²) in [5.74, 6) is -3.42. The van der Waals surface area contributed by atoms with Crippen molar-refractivity contribution in [3.63, 3.8) is 0 Å². The summed E-state index contributed by atoms with van der Waals surface area (Å²) in [4.78, 5) is 27.3. The second kappa shape index (κ2) is 8.97. The highest BCUT2D eigenvalue weighted by Crippen LogP contribution is 2.30. The van der Waals surface area contributed by atoms with Crippen LogP contribution in [0.15, 0.2) is 41.3 Å². The van der Waals surface area contributed by atoms with Crippen LogP contribution in [0.2, 0.25) is 5.02 Å². The van der Waals surface area contributed by atoms with Crippen LogP contribution in [-0.2, 0) is 11.3 Å². The van der Waals surface area contributed by atoms with Crippen molar-refractivity contribution in [3.05, 3.63) is 74.5 Å². The molecule has 0 spiro atoms. The quantitative estimate of drug-likeness (QED) is 0.463. The number of fused-ring (bicyclic) bond motifs is 1. The SMILES string of the molecule is CCOC(=O)c1cn(-c2ccc(CN3CC[C@H](O)C3)cc2)c2c(Cl)c(F)c(F)cc2c1=O. The van der Waals surface area contributed by atoms with Gasteiger partial charge in [0.25, 0.3) is 0 Å². The molecule has 9 heteroatoms. The molecule has 1 atom stereocenters. The fraction of sp³-hybridized carbons (Fsp3) is 0.304. The molecule has 0 saturated carbocycles. The molecule has 2 aromatic carbocycles. The van der Waals surface area contributed by atoms with Crippen molar-refractivity contribution in [1.82, 2.24) is 9.47 Å². The van der Waals surface area contributed by atoms with Gasteiger partial charge in [0.05, 0.1) is 23.6 Å². The van der Waals surface area contributed by atoms with Crippen LogP contribution in [0.1, 0.15) is 29.3 Å². The summed E-state index contributed by atoms with van der Waals surface area (Å²) >= 11 is 6.09. The summed E-state index contributed by atoms with van der Waals surface area (Å²) in [6.07, 6.45) is 1.65. The molecule has 2 heterocycles. The molecule has 0 amide bonds. The number of benzene rings is 2. The van der Waals surface area contributed by atoms with Crippen molar-refractivity contribution >= 4 is 28.5 Å². The number of rotatable bonds is 5. The maximum absolute atomic E-state index is 14.3. The standard InChI is InChI=1S/C23H21ClF2N2O4/c1-2-32-23(31)17-12-28(21-16(22(17)30)9-18(25)20(26)19(21)24)14-5-3-13(4-6-14)10-27-8-7-15(29)11-27/h3-6,9,12,15,29H,2,7-8,10-11H2,1H3/t15-/m0/s1. The number of carbonyl (C=O) groups excluding carboxylic acids is 1. The zero-order valence-corrected chi connectivity index (χ0v) is 18.0. The lowest BCUT2D eigenvalue weighted by Gasteiger charge is -2.17. The Balaban J connectivity index is 1.83. The molecule has 6 nitrogen and oxygen atoms in total. The summed E-state index contributed by atoms with van der Waals surface area (Å²) in [5, 5.41) is 8.91. The number of esters is 1. The third-order valence-electron chi connectivity index (χ3n) is 5.49. The van der Waals surface area contributed by atoms with E-state index in [4.69, 9.17) is 16.3 Å². The van der Waals surface area contributed by atoms with Crippen LogP contribution < -0.4 is 5.43 Å². The summed E-state index contributed by atoms with van der Waals surface area (Å²) in [5.41, 5.74) is 0.344. The minimum atomic E-state index is -1.28. The van der Waals surface area contributed by atoms with Crippen molar-refractivity contribution in [2.45, 2.75) is 26.0 Å². The molecule has 0 unspecified atom stereocenters. The van der Waals surface area contributed by atoms with Crippen molar-refractivity contribution in [3.8, 4) is 5.69 Å². The topological polar surface area (TPSA) is 71.8 Å². The Bertz CT molecular complexity index is 1240. The minimum Gasteiger partial charge on any atom is -0.462 e. The summed E-state index contributed by atoms with van der Waals surface area (Å²) in [6.45, 7) is 3.71. The largest absolute Gasteiger partial charge is 0.462 e. The first kappa shape index (κ1) is 22.4. The number of β-amino-alcohol motifs (C(OH)–C–C–N with tert-alkyl or cyclic N) is 1. The number of hydrogen-bond acceptors (Lipinski definition) is 5. The molecule has 0 aliphatic carbocycles. The summed E-state index contributed by atoms with van der Waals surface area (Å²) in [7, 11) is 0. The maximum Gasteiger partial charge on any atom is 0.343 e. The molecule has 1 aromatic heterocycles. The molecule has 3 aromatic rings. The van der Waals surface area contributed by atoms with Crippen LogP contribution in [0.25, 0.3) is 16.6 Å². The van der Waals surface area contributed by atoms with E-state index in [-0.39, 0.29) is 29.2 Å². The first-order chi connectivity index (χ1) is 15.3. The molecular formula is C23H21ClF2N2O4. The second-order valence-corrected chi connectivity index (χ2v) is 8.07. The molecule has 1 N–H and O–H groups in total.